The third-order valence-electron chi connectivity index (χ3n) is 4.97. The van der Waals surface area contributed by atoms with E-state index in [-0.39, 0.29) is 23.9 Å². The smallest absolute Gasteiger partial charge is 0.243 e. The molecule has 0 unspecified atom stereocenters. The summed E-state index contributed by atoms with van der Waals surface area (Å²) in [6.07, 6.45) is 0. The average Bonchev–Trinajstić information content (AvgIpc) is 2.80. The van der Waals surface area contributed by atoms with E-state index in [1.165, 1.54) is 21.3 Å². The minimum atomic E-state index is -3.88. The van der Waals surface area contributed by atoms with Crippen molar-refractivity contribution < 1.29 is 17.9 Å². The van der Waals surface area contributed by atoms with Crippen molar-refractivity contribution in [3.63, 3.8) is 0 Å². The standard InChI is InChI=1S/C24H25BrN2O4S/c1-26(16-20-8-12-22(31-2)13-9-20)24(28)18-27(17-19-6-4-3-5-7-19)32(29,30)23-14-10-21(25)11-15-23/h3-15H,16-18H2,1-2H3. The maximum absolute atomic E-state index is 13.4. The van der Waals surface area contributed by atoms with Gasteiger partial charge in [-0.1, -0.05) is 58.4 Å². The van der Waals surface area contributed by atoms with Crippen molar-refractivity contribution in [2.24, 2.45) is 0 Å². The highest BCUT2D eigenvalue weighted by Gasteiger charge is 2.28. The summed E-state index contributed by atoms with van der Waals surface area (Å²) in [5.74, 6) is 0.440. The number of ether oxygens (including phenoxy) is 1. The molecule has 0 fully saturated rings. The maximum atomic E-state index is 13.4. The third-order valence-corrected chi connectivity index (χ3v) is 7.30. The van der Waals surface area contributed by atoms with Gasteiger partial charge in [-0.2, -0.15) is 4.31 Å². The zero-order valence-corrected chi connectivity index (χ0v) is 20.3. The Balaban J connectivity index is 1.80. The van der Waals surface area contributed by atoms with Crippen LogP contribution in [0.15, 0.2) is 88.2 Å². The van der Waals surface area contributed by atoms with E-state index in [4.69, 9.17) is 4.74 Å². The molecule has 0 heterocycles. The number of sulfonamides is 1. The van der Waals surface area contributed by atoms with E-state index in [0.717, 1.165) is 21.3 Å². The lowest BCUT2D eigenvalue weighted by molar-refractivity contribution is -0.130. The van der Waals surface area contributed by atoms with Crippen LogP contribution in [0.4, 0.5) is 0 Å². The summed E-state index contributed by atoms with van der Waals surface area (Å²) < 4.78 is 33.9. The molecule has 3 aromatic carbocycles. The monoisotopic (exact) mass is 516 g/mol. The first-order valence-corrected chi connectivity index (χ1v) is 12.2. The van der Waals surface area contributed by atoms with Crippen LogP contribution in [0.5, 0.6) is 5.75 Å². The van der Waals surface area contributed by atoms with Gasteiger partial charge in [-0.05, 0) is 47.5 Å². The van der Waals surface area contributed by atoms with Crippen molar-refractivity contribution in [1.29, 1.82) is 0 Å². The minimum absolute atomic E-state index is 0.0986. The van der Waals surface area contributed by atoms with Crippen LogP contribution in [0, 0.1) is 0 Å². The largest absolute Gasteiger partial charge is 0.497 e. The van der Waals surface area contributed by atoms with Crippen LogP contribution in [0.25, 0.3) is 0 Å². The van der Waals surface area contributed by atoms with Gasteiger partial charge in [-0.15, -0.1) is 0 Å². The van der Waals surface area contributed by atoms with Gasteiger partial charge in [0.2, 0.25) is 15.9 Å². The summed E-state index contributed by atoms with van der Waals surface area (Å²) in [6, 6.07) is 23.1. The predicted molar refractivity (Wildman–Crippen MR) is 128 cm³/mol. The van der Waals surface area contributed by atoms with Gasteiger partial charge in [0.15, 0.2) is 0 Å². The average molecular weight is 517 g/mol. The zero-order valence-electron chi connectivity index (χ0n) is 17.9. The van der Waals surface area contributed by atoms with E-state index in [1.807, 2.05) is 54.6 Å². The number of methoxy groups -OCH3 is 1. The highest BCUT2D eigenvalue weighted by atomic mass is 79.9. The molecule has 0 saturated carbocycles. The van der Waals surface area contributed by atoms with E-state index in [0.29, 0.717) is 6.54 Å². The van der Waals surface area contributed by atoms with Crippen molar-refractivity contribution in [1.82, 2.24) is 9.21 Å². The fraction of sp³-hybridized carbons (Fsp3) is 0.208. The van der Waals surface area contributed by atoms with Crippen molar-refractivity contribution in [2.75, 3.05) is 20.7 Å². The number of halogens is 1. The minimum Gasteiger partial charge on any atom is -0.497 e. The van der Waals surface area contributed by atoms with E-state index in [1.54, 1.807) is 26.3 Å². The second-order valence-corrected chi connectivity index (χ2v) is 10.2. The van der Waals surface area contributed by atoms with Crippen LogP contribution in [0.3, 0.4) is 0 Å². The van der Waals surface area contributed by atoms with E-state index >= 15 is 0 Å². The number of nitrogens with zero attached hydrogens (tertiary/aromatic N) is 2. The van der Waals surface area contributed by atoms with Crippen LogP contribution in [0.1, 0.15) is 11.1 Å². The molecule has 0 aliphatic heterocycles. The molecule has 1 amide bonds. The first kappa shape index (κ1) is 24.0. The quantitative estimate of drug-likeness (QED) is 0.425. The Labute approximate surface area is 197 Å². The summed E-state index contributed by atoms with van der Waals surface area (Å²) in [5.41, 5.74) is 1.73. The maximum Gasteiger partial charge on any atom is 0.243 e. The summed E-state index contributed by atoms with van der Waals surface area (Å²) in [6.45, 7) is 0.196. The number of benzene rings is 3. The fourth-order valence-electron chi connectivity index (χ4n) is 3.13. The molecule has 0 aromatic heterocycles. The van der Waals surface area contributed by atoms with Crippen LogP contribution in [0.2, 0.25) is 0 Å². The second-order valence-electron chi connectivity index (χ2n) is 7.31. The molecule has 3 rings (SSSR count). The SMILES string of the molecule is COc1ccc(CN(C)C(=O)CN(Cc2ccccc2)S(=O)(=O)c2ccc(Br)cc2)cc1. The van der Waals surface area contributed by atoms with Gasteiger partial charge >= 0.3 is 0 Å². The molecule has 168 valence electrons. The molecule has 32 heavy (non-hydrogen) atoms. The lowest BCUT2D eigenvalue weighted by Crippen LogP contribution is -2.40. The molecule has 0 aliphatic rings. The third kappa shape index (κ3) is 6.18. The number of amides is 1. The Morgan fingerprint density at radius 2 is 1.47 bits per heavy atom. The van der Waals surface area contributed by atoms with Gasteiger partial charge in [-0.25, -0.2) is 8.42 Å². The number of carbonyl (C=O) groups excluding carboxylic acids is 1. The molecule has 3 aromatic rings. The summed E-state index contributed by atoms with van der Waals surface area (Å²) >= 11 is 3.33. The van der Waals surface area contributed by atoms with Gasteiger partial charge in [0.1, 0.15) is 5.75 Å². The second kappa shape index (κ2) is 10.8. The molecule has 8 heteroatoms. The topological polar surface area (TPSA) is 66.9 Å². The highest BCUT2D eigenvalue weighted by Crippen LogP contribution is 2.21. The number of hydrogen-bond acceptors (Lipinski definition) is 4. The molecule has 0 atom stereocenters. The van der Waals surface area contributed by atoms with Crippen molar-refractivity contribution in [2.45, 2.75) is 18.0 Å². The van der Waals surface area contributed by atoms with E-state index < -0.39 is 10.0 Å². The summed E-state index contributed by atoms with van der Waals surface area (Å²) in [5, 5.41) is 0. The lowest BCUT2D eigenvalue weighted by Gasteiger charge is -2.25. The van der Waals surface area contributed by atoms with E-state index in [9.17, 15) is 13.2 Å². The number of carbonyl (C=O) groups is 1. The molecule has 6 nitrogen and oxygen atoms in total. The van der Waals surface area contributed by atoms with Crippen molar-refractivity contribution >= 4 is 31.9 Å². The van der Waals surface area contributed by atoms with Gasteiger partial charge in [0.05, 0.1) is 18.6 Å². The summed E-state index contributed by atoms with van der Waals surface area (Å²) in [4.78, 5) is 14.7. The van der Waals surface area contributed by atoms with Crippen molar-refractivity contribution in [3.05, 3.63) is 94.5 Å². The number of hydrogen-bond donors (Lipinski definition) is 0. The predicted octanol–water partition coefficient (Wildman–Crippen LogP) is 4.31. The first-order chi connectivity index (χ1) is 15.3. The Bertz CT molecular complexity index is 1130. The van der Waals surface area contributed by atoms with Crippen LogP contribution < -0.4 is 4.74 Å². The molecule has 0 bridgehead atoms. The number of likely N-dealkylation sites (N-methyl/N-ethyl adjacent to an activating group) is 1. The van der Waals surface area contributed by atoms with Crippen LogP contribution in [-0.4, -0.2) is 44.2 Å². The molecule has 0 N–H and O–H groups in total. The fourth-order valence-corrected chi connectivity index (χ4v) is 4.78. The van der Waals surface area contributed by atoms with Crippen LogP contribution >= 0.6 is 15.9 Å². The van der Waals surface area contributed by atoms with Gasteiger partial charge in [-0.3, -0.25) is 4.79 Å². The van der Waals surface area contributed by atoms with Crippen molar-refractivity contribution in [3.8, 4) is 5.75 Å². The zero-order chi connectivity index (χ0) is 23.1. The van der Waals surface area contributed by atoms with Crippen LogP contribution in [-0.2, 0) is 27.9 Å². The van der Waals surface area contributed by atoms with Gasteiger partial charge in [0, 0.05) is 24.6 Å². The Hall–Kier alpha value is -2.68. The molecule has 0 spiro atoms. The highest BCUT2D eigenvalue weighted by molar-refractivity contribution is 9.10. The lowest BCUT2D eigenvalue weighted by atomic mass is 10.2. The normalized spacial score (nSPS) is 11.4. The molecule has 0 saturated heterocycles. The molecule has 0 aliphatic carbocycles. The van der Waals surface area contributed by atoms with E-state index in [2.05, 4.69) is 15.9 Å². The molecular weight excluding hydrogens is 492 g/mol. The first-order valence-electron chi connectivity index (χ1n) is 9.96. The molecular formula is C24H25BrN2O4S. The van der Waals surface area contributed by atoms with Gasteiger partial charge in [0.25, 0.3) is 0 Å². The Morgan fingerprint density at radius 1 is 0.875 bits per heavy atom. The Kier molecular flexibility index (Phi) is 8.06. The summed E-state index contributed by atoms with van der Waals surface area (Å²) in [7, 11) is -0.617. The number of rotatable bonds is 9. The Morgan fingerprint density at radius 3 is 2.06 bits per heavy atom. The molecule has 0 radical (unpaired) electrons. The van der Waals surface area contributed by atoms with Gasteiger partial charge < -0.3 is 9.64 Å².